The van der Waals surface area contributed by atoms with Crippen molar-refractivity contribution in [2.24, 2.45) is 0 Å². The molecule has 0 aliphatic rings. The van der Waals surface area contributed by atoms with Crippen LogP contribution >= 0.6 is 11.8 Å². The van der Waals surface area contributed by atoms with Crippen LogP contribution in [0.2, 0.25) is 0 Å². The molecule has 0 saturated carbocycles. The third-order valence-electron chi connectivity index (χ3n) is 5.32. The van der Waals surface area contributed by atoms with Crippen molar-refractivity contribution in [1.29, 1.82) is 0 Å². The summed E-state index contributed by atoms with van der Waals surface area (Å²) in [5.74, 6) is 1.68. The number of carbonyl (C=O) groups is 2. The van der Waals surface area contributed by atoms with Gasteiger partial charge in [-0.1, -0.05) is 37.6 Å². The molecule has 0 saturated heterocycles. The third-order valence-corrected chi connectivity index (χ3v) is 6.37. The zero-order valence-corrected chi connectivity index (χ0v) is 21.8. The molecule has 2 aromatic carbocycles. The van der Waals surface area contributed by atoms with Crippen molar-refractivity contribution >= 4 is 29.4 Å². The molecule has 0 bridgehead atoms. The highest BCUT2D eigenvalue weighted by atomic mass is 32.2. The highest BCUT2D eigenvalue weighted by molar-refractivity contribution is 7.99. The molecule has 2 amide bonds. The molecule has 0 spiro atoms. The average Bonchev–Trinajstić information content (AvgIpc) is 2.83. The lowest BCUT2D eigenvalue weighted by molar-refractivity contribution is -0.149. The van der Waals surface area contributed by atoms with E-state index in [-0.39, 0.29) is 6.03 Å². The lowest BCUT2D eigenvalue weighted by Gasteiger charge is -2.23. The zero-order chi connectivity index (χ0) is 25.5. The summed E-state index contributed by atoms with van der Waals surface area (Å²) in [6, 6.07) is 14.9. The summed E-state index contributed by atoms with van der Waals surface area (Å²) >= 11 is 1.86. The van der Waals surface area contributed by atoms with Crippen molar-refractivity contribution in [3.05, 3.63) is 59.7 Å². The maximum absolute atomic E-state index is 12.9. The van der Waals surface area contributed by atoms with Crippen molar-refractivity contribution in [2.45, 2.75) is 46.1 Å². The summed E-state index contributed by atoms with van der Waals surface area (Å²) in [7, 11) is 0. The Morgan fingerprint density at radius 1 is 1.09 bits per heavy atom. The van der Waals surface area contributed by atoms with Gasteiger partial charge in [-0.15, -0.1) is 0 Å². The second kappa shape index (κ2) is 16.1. The number of carbonyl (C=O) groups excluding carboxylic acids is 1. The fourth-order valence-electron chi connectivity index (χ4n) is 3.39. The molecule has 192 valence electrons. The quantitative estimate of drug-likeness (QED) is 0.296. The number of anilines is 1. The summed E-state index contributed by atoms with van der Waals surface area (Å²) in [6.45, 7) is 7.76. The first-order valence-corrected chi connectivity index (χ1v) is 13.3. The fraction of sp³-hybridized carbons (Fsp3) is 0.481. The van der Waals surface area contributed by atoms with Gasteiger partial charge in [-0.2, -0.15) is 11.8 Å². The van der Waals surface area contributed by atoms with Crippen LogP contribution in [-0.2, 0) is 16.0 Å². The first kappa shape index (κ1) is 28.5. The van der Waals surface area contributed by atoms with Gasteiger partial charge in [0.2, 0.25) is 0 Å². The van der Waals surface area contributed by atoms with Gasteiger partial charge in [-0.05, 0) is 61.4 Å². The number of nitrogens with one attached hydrogen (secondary N) is 1. The van der Waals surface area contributed by atoms with Crippen LogP contribution in [0.4, 0.5) is 10.5 Å². The Balaban J connectivity index is 1.90. The van der Waals surface area contributed by atoms with E-state index >= 15 is 0 Å². The SMILES string of the molecule is CCCCSCCN(CCOc1ccc(CC(OCC)C(=O)O)cc1)C(=O)Nc1cccc(C)c1. The van der Waals surface area contributed by atoms with Gasteiger partial charge in [-0.3, -0.25) is 0 Å². The van der Waals surface area contributed by atoms with Gasteiger partial charge in [0.25, 0.3) is 0 Å². The Morgan fingerprint density at radius 3 is 2.51 bits per heavy atom. The van der Waals surface area contributed by atoms with Crippen LogP contribution in [0, 0.1) is 6.92 Å². The first-order valence-electron chi connectivity index (χ1n) is 12.2. The van der Waals surface area contributed by atoms with Crippen LogP contribution in [0.15, 0.2) is 48.5 Å². The number of aliphatic carboxylic acids is 1. The molecule has 2 aromatic rings. The van der Waals surface area contributed by atoms with Crippen molar-refractivity contribution < 1.29 is 24.2 Å². The predicted octanol–water partition coefficient (Wildman–Crippen LogP) is 5.47. The fourth-order valence-corrected chi connectivity index (χ4v) is 4.44. The average molecular weight is 503 g/mol. The van der Waals surface area contributed by atoms with Crippen LogP contribution < -0.4 is 10.1 Å². The Labute approximate surface area is 213 Å². The van der Waals surface area contributed by atoms with Crippen LogP contribution in [0.3, 0.4) is 0 Å². The number of hydrogen-bond donors (Lipinski definition) is 2. The van der Waals surface area contributed by atoms with E-state index in [0.717, 1.165) is 28.3 Å². The van der Waals surface area contributed by atoms with Gasteiger partial charge in [0.15, 0.2) is 6.10 Å². The van der Waals surface area contributed by atoms with E-state index in [1.165, 1.54) is 12.8 Å². The minimum absolute atomic E-state index is 0.138. The van der Waals surface area contributed by atoms with Crippen LogP contribution in [0.1, 0.15) is 37.8 Å². The Bertz CT molecular complexity index is 907. The van der Waals surface area contributed by atoms with Crippen molar-refractivity contribution in [3.63, 3.8) is 0 Å². The molecule has 0 radical (unpaired) electrons. The lowest BCUT2D eigenvalue weighted by Crippen LogP contribution is -2.39. The second-order valence-corrected chi connectivity index (χ2v) is 9.46. The van der Waals surface area contributed by atoms with E-state index in [1.54, 1.807) is 11.8 Å². The highest BCUT2D eigenvalue weighted by Crippen LogP contribution is 2.16. The monoisotopic (exact) mass is 502 g/mol. The van der Waals surface area contributed by atoms with E-state index in [1.807, 2.05) is 67.2 Å². The van der Waals surface area contributed by atoms with Gasteiger partial charge in [0.1, 0.15) is 12.4 Å². The Morgan fingerprint density at radius 2 is 1.86 bits per heavy atom. The van der Waals surface area contributed by atoms with Gasteiger partial charge in [0, 0.05) is 31.0 Å². The molecule has 1 atom stereocenters. The maximum Gasteiger partial charge on any atom is 0.333 e. The molecule has 0 aromatic heterocycles. The molecule has 1 unspecified atom stereocenters. The summed E-state index contributed by atoms with van der Waals surface area (Å²) in [4.78, 5) is 26.0. The second-order valence-electron chi connectivity index (χ2n) is 8.23. The summed E-state index contributed by atoms with van der Waals surface area (Å²) in [5.41, 5.74) is 2.73. The third kappa shape index (κ3) is 11.0. The number of aryl methyl sites for hydroxylation is 1. The number of benzene rings is 2. The van der Waals surface area contributed by atoms with Crippen molar-refractivity contribution in [3.8, 4) is 5.75 Å². The number of amides is 2. The van der Waals surface area contributed by atoms with Crippen molar-refractivity contribution in [1.82, 2.24) is 4.90 Å². The first-order chi connectivity index (χ1) is 16.9. The molecule has 0 fully saturated rings. The topological polar surface area (TPSA) is 88.1 Å². The number of carboxylic acid groups (broad SMARTS) is 1. The summed E-state index contributed by atoms with van der Waals surface area (Å²) < 4.78 is 11.2. The molecule has 0 aliphatic carbocycles. The van der Waals surface area contributed by atoms with Gasteiger partial charge in [-0.25, -0.2) is 9.59 Å². The lowest BCUT2D eigenvalue weighted by atomic mass is 10.1. The minimum Gasteiger partial charge on any atom is -0.492 e. The molecular formula is C27H38N2O5S. The van der Waals surface area contributed by atoms with E-state index in [0.29, 0.717) is 38.5 Å². The maximum atomic E-state index is 12.9. The molecule has 2 N–H and O–H groups in total. The predicted molar refractivity (Wildman–Crippen MR) is 143 cm³/mol. The number of urea groups is 1. The van der Waals surface area contributed by atoms with E-state index in [2.05, 4.69) is 12.2 Å². The number of thioether (sulfide) groups is 1. The molecule has 8 heteroatoms. The number of ether oxygens (including phenoxy) is 2. The molecular weight excluding hydrogens is 464 g/mol. The number of carboxylic acids is 1. The zero-order valence-electron chi connectivity index (χ0n) is 21.0. The molecule has 7 nitrogen and oxygen atoms in total. The largest absolute Gasteiger partial charge is 0.492 e. The molecule has 0 heterocycles. The minimum atomic E-state index is -0.968. The summed E-state index contributed by atoms with van der Waals surface area (Å²) in [5, 5.41) is 12.2. The smallest absolute Gasteiger partial charge is 0.333 e. The van der Waals surface area contributed by atoms with E-state index < -0.39 is 12.1 Å². The van der Waals surface area contributed by atoms with E-state index in [9.17, 15) is 14.7 Å². The Kier molecular flexibility index (Phi) is 13.1. The number of hydrogen-bond acceptors (Lipinski definition) is 5. The normalized spacial score (nSPS) is 11.6. The van der Waals surface area contributed by atoms with Gasteiger partial charge >= 0.3 is 12.0 Å². The number of nitrogens with zero attached hydrogens (tertiary/aromatic N) is 1. The van der Waals surface area contributed by atoms with Crippen LogP contribution in [0.25, 0.3) is 0 Å². The van der Waals surface area contributed by atoms with Gasteiger partial charge < -0.3 is 24.8 Å². The number of unbranched alkanes of at least 4 members (excludes halogenated alkanes) is 1. The Hall–Kier alpha value is -2.71. The van der Waals surface area contributed by atoms with Gasteiger partial charge in [0.05, 0.1) is 6.54 Å². The standard InChI is InChI=1S/C27H38N2O5S/c1-4-6-17-35-18-15-29(27(32)28-23-9-7-8-21(3)19-23)14-16-34-24-12-10-22(11-13-24)20-25(26(30)31)33-5-2/h7-13,19,25H,4-6,14-18,20H2,1-3H3,(H,28,32)(H,30,31). The van der Waals surface area contributed by atoms with Crippen LogP contribution in [0.5, 0.6) is 5.75 Å². The van der Waals surface area contributed by atoms with Crippen LogP contribution in [-0.4, -0.2) is 65.9 Å². The highest BCUT2D eigenvalue weighted by Gasteiger charge is 2.18. The van der Waals surface area contributed by atoms with E-state index in [4.69, 9.17) is 9.47 Å². The summed E-state index contributed by atoms with van der Waals surface area (Å²) in [6.07, 6.45) is 1.78. The molecule has 0 aliphatic heterocycles. The number of rotatable bonds is 16. The van der Waals surface area contributed by atoms with Crippen molar-refractivity contribution in [2.75, 3.05) is 43.1 Å². The molecule has 35 heavy (non-hydrogen) atoms. The molecule has 2 rings (SSSR count).